The van der Waals surface area contributed by atoms with Crippen LogP contribution in [0.5, 0.6) is 0 Å². The summed E-state index contributed by atoms with van der Waals surface area (Å²) in [5.41, 5.74) is 0.680. The van der Waals surface area contributed by atoms with Gasteiger partial charge in [0.1, 0.15) is 17.3 Å². The molecule has 29 heavy (non-hydrogen) atoms. The Bertz CT molecular complexity index is 1060. The summed E-state index contributed by atoms with van der Waals surface area (Å²) in [5, 5.41) is 3.69. The third-order valence-corrected chi connectivity index (χ3v) is 5.05. The van der Waals surface area contributed by atoms with Crippen molar-refractivity contribution in [1.82, 2.24) is 14.7 Å². The molecule has 1 N–H and O–H groups in total. The standard InChI is InChI=1S/C20H18ClF2N3O3/c1-28-20(27)11-6-14(22)18(15(23)7-11)19-16(9-13-10-24-3-5-29-13)26-4-2-12(21)8-17(26)25-19/h2,4,6-8,13,24H,3,5,9-10H2,1H3/t13-/m0/s1. The molecule has 1 aliphatic heterocycles. The number of carbonyl (C=O) groups excluding carboxylic acids is 1. The molecule has 0 bridgehead atoms. The second-order valence-corrected chi connectivity index (χ2v) is 7.12. The van der Waals surface area contributed by atoms with E-state index in [9.17, 15) is 13.6 Å². The average Bonchev–Trinajstić information content (AvgIpc) is 3.04. The van der Waals surface area contributed by atoms with Crippen LogP contribution in [0, 0.1) is 11.6 Å². The van der Waals surface area contributed by atoms with Gasteiger partial charge in [-0.15, -0.1) is 0 Å². The van der Waals surface area contributed by atoms with Gasteiger partial charge in [-0.25, -0.2) is 18.6 Å². The maximum Gasteiger partial charge on any atom is 0.338 e. The van der Waals surface area contributed by atoms with Gasteiger partial charge >= 0.3 is 5.97 Å². The van der Waals surface area contributed by atoms with E-state index in [0.717, 1.165) is 25.8 Å². The summed E-state index contributed by atoms with van der Waals surface area (Å²) in [4.78, 5) is 16.1. The molecule has 1 atom stereocenters. The Balaban J connectivity index is 1.86. The number of hydrogen-bond acceptors (Lipinski definition) is 5. The number of esters is 1. The van der Waals surface area contributed by atoms with Gasteiger partial charge in [-0.1, -0.05) is 11.6 Å². The molecule has 0 unspecified atom stereocenters. The third-order valence-electron chi connectivity index (χ3n) is 4.81. The lowest BCUT2D eigenvalue weighted by Gasteiger charge is -2.24. The lowest BCUT2D eigenvalue weighted by molar-refractivity contribution is 0.0286. The van der Waals surface area contributed by atoms with Crippen molar-refractivity contribution in [2.24, 2.45) is 0 Å². The van der Waals surface area contributed by atoms with E-state index < -0.39 is 17.6 Å². The molecule has 1 aromatic carbocycles. The highest BCUT2D eigenvalue weighted by Crippen LogP contribution is 2.32. The van der Waals surface area contributed by atoms with Gasteiger partial charge in [0.05, 0.1) is 42.3 Å². The topological polar surface area (TPSA) is 64.9 Å². The van der Waals surface area contributed by atoms with Gasteiger partial charge in [0.15, 0.2) is 0 Å². The fourth-order valence-electron chi connectivity index (χ4n) is 3.47. The zero-order valence-corrected chi connectivity index (χ0v) is 16.3. The maximum absolute atomic E-state index is 14.9. The Morgan fingerprint density at radius 1 is 1.38 bits per heavy atom. The minimum absolute atomic E-state index is 0.146. The second kappa shape index (κ2) is 8.06. The van der Waals surface area contributed by atoms with Gasteiger partial charge in [0.25, 0.3) is 0 Å². The fourth-order valence-corrected chi connectivity index (χ4v) is 3.62. The van der Waals surface area contributed by atoms with Gasteiger partial charge < -0.3 is 19.2 Å². The van der Waals surface area contributed by atoms with E-state index in [2.05, 4.69) is 15.0 Å². The Morgan fingerprint density at radius 3 is 2.79 bits per heavy atom. The number of nitrogens with zero attached hydrogens (tertiary/aromatic N) is 2. The Labute approximate surface area is 170 Å². The largest absolute Gasteiger partial charge is 0.465 e. The number of morpholine rings is 1. The van der Waals surface area contributed by atoms with Crippen molar-refractivity contribution in [3.63, 3.8) is 0 Å². The summed E-state index contributed by atoms with van der Waals surface area (Å²) in [6, 6.07) is 5.19. The minimum atomic E-state index is -0.899. The van der Waals surface area contributed by atoms with Crippen LogP contribution < -0.4 is 5.32 Å². The summed E-state index contributed by atoms with van der Waals surface area (Å²) in [6.07, 6.45) is 1.93. The van der Waals surface area contributed by atoms with Gasteiger partial charge in [0, 0.05) is 36.8 Å². The molecule has 0 radical (unpaired) electrons. The Kier molecular flexibility index (Phi) is 5.49. The molecule has 0 spiro atoms. The van der Waals surface area contributed by atoms with E-state index in [1.54, 1.807) is 22.7 Å². The monoisotopic (exact) mass is 421 g/mol. The number of imidazole rings is 1. The highest BCUT2D eigenvalue weighted by molar-refractivity contribution is 6.30. The van der Waals surface area contributed by atoms with E-state index in [4.69, 9.17) is 16.3 Å². The van der Waals surface area contributed by atoms with E-state index in [1.807, 2.05) is 0 Å². The van der Waals surface area contributed by atoms with Crippen molar-refractivity contribution in [3.8, 4) is 11.3 Å². The van der Waals surface area contributed by atoms with Crippen molar-refractivity contribution in [2.45, 2.75) is 12.5 Å². The molecule has 3 aromatic rings. The van der Waals surface area contributed by atoms with E-state index in [0.29, 0.717) is 35.9 Å². The zero-order chi connectivity index (χ0) is 20.5. The van der Waals surface area contributed by atoms with Crippen LogP contribution in [0.25, 0.3) is 16.9 Å². The van der Waals surface area contributed by atoms with E-state index in [-0.39, 0.29) is 22.9 Å². The van der Waals surface area contributed by atoms with Crippen molar-refractivity contribution >= 4 is 23.2 Å². The lowest BCUT2D eigenvalue weighted by Crippen LogP contribution is -2.39. The first-order chi connectivity index (χ1) is 14.0. The minimum Gasteiger partial charge on any atom is -0.465 e. The van der Waals surface area contributed by atoms with Crippen molar-refractivity contribution in [2.75, 3.05) is 26.8 Å². The summed E-state index contributed by atoms with van der Waals surface area (Å²) in [5.74, 6) is -2.62. The van der Waals surface area contributed by atoms with Crippen LogP contribution in [0.3, 0.4) is 0 Å². The molecule has 0 saturated carbocycles. The summed E-state index contributed by atoms with van der Waals surface area (Å²) in [7, 11) is 1.15. The third kappa shape index (κ3) is 3.83. The first kappa shape index (κ1) is 19.8. The summed E-state index contributed by atoms with van der Waals surface area (Å²) in [6.45, 7) is 1.93. The Hall–Kier alpha value is -2.55. The van der Waals surface area contributed by atoms with E-state index >= 15 is 0 Å². The van der Waals surface area contributed by atoms with Crippen molar-refractivity contribution in [1.29, 1.82) is 0 Å². The number of pyridine rings is 1. The summed E-state index contributed by atoms with van der Waals surface area (Å²) >= 11 is 6.06. The number of halogens is 3. The van der Waals surface area contributed by atoms with Crippen LogP contribution in [-0.4, -0.2) is 48.3 Å². The normalized spacial score (nSPS) is 16.9. The number of fused-ring (bicyclic) bond motifs is 1. The number of aromatic nitrogens is 2. The SMILES string of the molecule is COC(=O)c1cc(F)c(-c2nc3cc(Cl)ccn3c2C[C@H]2CNCCO2)c(F)c1. The van der Waals surface area contributed by atoms with Gasteiger partial charge in [0.2, 0.25) is 0 Å². The number of rotatable bonds is 4. The predicted molar refractivity (Wildman–Crippen MR) is 103 cm³/mol. The van der Waals surface area contributed by atoms with Crippen LogP contribution in [0.2, 0.25) is 5.02 Å². The molecule has 152 valence electrons. The first-order valence-electron chi connectivity index (χ1n) is 9.04. The zero-order valence-electron chi connectivity index (χ0n) is 15.5. The number of hydrogen-bond donors (Lipinski definition) is 1. The van der Waals surface area contributed by atoms with Gasteiger partial charge in [-0.05, 0) is 18.2 Å². The van der Waals surface area contributed by atoms with Crippen LogP contribution in [0.1, 0.15) is 16.1 Å². The van der Waals surface area contributed by atoms with Crippen LogP contribution >= 0.6 is 11.6 Å². The van der Waals surface area contributed by atoms with Gasteiger partial charge in [-0.3, -0.25) is 0 Å². The molecule has 1 saturated heterocycles. The fraction of sp³-hybridized carbons (Fsp3) is 0.300. The smallest absolute Gasteiger partial charge is 0.338 e. The van der Waals surface area contributed by atoms with E-state index in [1.165, 1.54) is 0 Å². The molecule has 1 aliphatic rings. The molecule has 0 amide bonds. The molecule has 9 heteroatoms. The highest BCUT2D eigenvalue weighted by atomic mass is 35.5. The maximum atomic E-state index is 14.9. The molecule has 2 aromatic heterocycles. The lowest BCUT2D eigenvalue weighted by atomic mass is 10.0. The Morgan fingerprint density at radius 2 is 2.14 bits per heavy atom. The number of nitrogens with one attached hydrogen (secondary N) is 1. The molecular weight excluding hydrogens is 404 g/mol. The van der Waals surface area contributed by atoms with Crippen molar-refractivity contribution in [3.05, 3.63) is 58.4 Å². The average molecular weight is 422 g/mol. The first-order valence-corrected chi connectivity index (χ1v) is 9.42. The number of methoxy groups -OCH3 is 1. The van der Waals surface area contributed by atoms with Crippen LogP contribution in [0.15, 0.2) is 30.5 Å². The van der Waals surface area contributed by atoms with Crippen LogP contribution in [-0.2, 0) is 15.9 Å². The second-order valence-electron chi connectivity index (χ2n) is 6.69. The number of ether oxygens (including phenoxy) is 2. The predicted octanol–water partition coefficient (Wildman–Crippen LogP) is 3.25. The molecular formula is C20H18ClF2N3O3. The van der Waals surface area contributed by atoms with Gasteiger partial charge in [-0.2, -0.15) is 0 Å². The summed E-state index contributed by atoms with van der Waals surface area (Å²) < 4.78 is 41.8. The molecule has 1 fully saturated rings. The van der Waals surface area contributed by atoms with Crippen molar-refractivity contribution < 1.29 is 23.0 Å². The number of benzene rings is 1. The number of carbonyl (C=O) groups is 1. The molecule has 3 heterocycles. The quantitative estimate of drug-likeness (QED) is 0.655. The molecule has 4 rings (SSSR count). The highest BCUT2D eigenvalue weighted by Gasteiger charge is 2.26. The molecule has 6 nitrogen and oxygen atoms in total. The van der Waals surface area contributed by atoms with Crippen LogP contribution in [0.4, 0.5) is 8.78 Å². The molecule has 0 aliphatic carbocycles.